The Labute approximate surface area is 351 Å². The molecule has 312 valence electrons. The second-order valence-electron chi connectivity index (χ2n) is 15.2. The van der Waals surface area contributed by atoms with Crippen LogP contribution in [0.25, 0.3) is 11.1 Å². The van der Waals surface area contributed by atoms with Gasteiger partial charge in [-0.15, -0.1) is 0 Å². The molecular weight excluding hydrogens is 759 g/mol. The zero-order chi connectivity index (χ0) is 41.9. The molecule has 1 aliphatic carbocycles. The fourth-order valence-corrected chi connectivity index (χ4v) is 8.46. The molecular formula is C49H53N3O8. The van der Waals surface area contributed by atoms with E-state index in [4.69, 9.17) is 18.9 Å². The van der Waals surface area contributed by atoms with Crippen LogP contribution in [0, 0.1) is 0 Å². The molecule has 2 aliphatic rings. The molecule has 2 atom stereocenters. The Kier molecular flexibility index (Phi) is 13.8. The lowest BCUT2D eigenvalue weighted by molar-refractivity contribution is -0.134. The van der Waals surface area contributed by atoms with Crippen LogP contribution in [0.15, 0.2) is 127 Å². The zero-order valence-electron chi connectivity index (χ0n) is 34.2. The molecule has 0 saturated carbocycles. The van der Waals surface area contributed by atoms with Crippen LogP contribution in [0.4, 0.5) is 4.79 Å². The Bertz CT molecular complexity index is 2120. The number of methoxy groups -OCH3 is 2. The monoisotopic (exact) mass is 811 g/mol. The number of carbonyl (C=O) groups excluding carboxylic acids is 3. The summed E-state index contributed by atoms with van der Waals surface area (Å²) in [5.74, 6) is 1.01. The summed E-state index contributed by atoms with van der Waals surface area (Å²) >= 11 is 0. The van der Waals surface area contributed by atoms with E-state index in [1.54, 1.807) is 19.1 Å². The first kappa shape index (κ1) is 42.0. The number of carbonyl (C=O) groups is 3. The Morgan fingerprint density at radius 3 is 1.85 bits per heavy atom. The van der Waals surface area contributed by atoms with Gasteiger partial charge in [0, 0.05) is 25.4 Å². The number of aliphatic hydroxyl groups excluding tert-OH is 1. The standard InChI is InChI=1S/C49H53N3O8/c1-57-39-24-20-35(21-25-39)49(34-13-5-3-6-14-34,36-22-26-40(58-2)27-23-36)60-32-37-29-38(53)31-52(37)47(55)19-7-4-12-28-50-46(54)30-51-48(56)59-33-45-43-17-10-8-15-41(43)42-16-9-11-18-44(42)45/h3,5-6,8-11,13-18,20-27,37-38,45,53H,4,7,12,19,28-33H2,1-2H3,(H,50,54)(H,51,56)/t37-,38+/m0/s1. The van der Waals surface area contributed by atoms with Crippen LogP contribution in [0.2, 0.25) is 0 Å². The lowest BCUT2D eigenvalue weighted by Crippen LogP contribution is -2.42. The number of benzene rings is 5. The van der Waals surface area contributed by atoms with Gasteiger partial charge in [-0.25, -0.2) is 4.79 Å². The molecule has 3 amide bonds. The van der Waals surface area contributed by atoms with Gasteiger partial charge in [-0.1, -0.05) is 110 Å². The van der Waals surface area contributed by atoms with Crippen LogP contribution in [0.5, 0.6) is 11.5 Å². The van der Waals surface area contributed by atoms with Crippen LogP contribution >= 0.6 is 0 Å². The van der Waals surface area contributed by atoms with Crippen molar-refractivity contribution in [1.29, 1.82) is 0 Å². The lowest BCUT2D eigenvalue weighted by atomic mass is 9.80. The molecule has 1 aliphatic heterocycles. The van der Waals surface area contributed by atoms with Gasteiger partial charge >= 0.3 is 6.09 Å². The molecule has 3 N–H and O–H groups in total. The summed E-state index contributed by atoms with van der Waals surface area (Å²) in [4.78, 5) is 40.4. The van der Waals surface area contributed by atoms with Gasteiger partial charge in [0.2, 0.25) is 11.8 Å². The number of rotatable bonds is 18. The molecule has 60 heavy (non-hydrogen) atoms. The maximum atomic E-state index is 13.6. The van der Waals surface area contributed by atoms with E-state index in [0.29, 0.717) is 32.2 Å². The van der Waals surface area contributed by atoms with E-state index >= 15 is 0 Å². The number of fused-ring (bicyclic) bond motifs is 3. The molecule has 7 rings (SSSR count). The van der Waals surface area contributed by atoms with Crippen LogP contribution < -0.4 is 20.1 Å². The predicted octanol–water partition coefficient (Wildman–Crippen LogP) is 7.19. The van der Waals surface area contributed by atoms with Crippen LogP contribution in [-0.4, -0.2) is 87.1 Å². The molecule has 0 spiro atoms. The van der Waals surface area contributed by atoms with Crippen molar-refractivity contribution in [3.8, 4) is 22.6 Å². The highest BCUT2D eigenvalue weighted by molar-refractivity contribution is 5.82. The molecule has 0 aromatic heterocycles. The Morgan fingerprint density at radius 1 is 0.683 bits per heavy atom. The third-order valence-electron chi connectivity index (χ3n) is 11.5. The van der Waals surface area contributed by atoms with Gasteiger partial charge in [0.25, 0.3) is 0 Å². The number of amides is 3. The second kappa shape index (κ2) is 19.7. The normalized spacial score (nSPS) is 15.8. The first-order valence-corrected chi connectivity index (χ1v) is 20.6. The summed E-state index contributed by atoms with van der Waals surface area (Å²) in [5, 5.41) is 16.2. The summed E-state index contributed by atoms with van der Waals surface area (Å²) in [6.45, 7) is 0.816. The first-order valence-electron chi connectivity index (χ1n) is 20.6. The molecule has 0 bridgehead atoms. The number of aliphatic hydroxyl groups is 1. The summed E-state index contributed by atoms with van der Waals surface area (Å²) in [7, 11) is 3.26. The van der Waals surface area contributed by atoms with Crippen molar-refractivity contribution in [1.82, 2.24) is 15.5 Å². The number of nitrogens with zero attached hydrogens (tertiary/aromatic N) is 1. The van der Waals surface area contributed by atoms with Gasteiger partial charge in [-0.05, 0) is 82.5 Å². The van der Waals surface area contributed by atoms with Crippen LogP contribution in [0.1, 0.15) is 65.8 Å². The van der Waals surface area contributed by atoms with Crippen molar-refractivity contribution in [2.24, 2.45) is 0 Å². The predicted molar refractivity (Wildman–Crippen MR) is 229 cm³/mol. The number of ether oxygens (including phenoxy) is 4. The molecule has 1 heterocycles. The Balaban J connectivity index is 0.880. The van der Waals surface area contributed by atoms with Crippen molar-refractivity contribution in [2.75, 3.05) is 47.1 Å². The van der Waals surface area contributed by atoms with Crippen molar-refractivity contribution in [3.63, 3.8) is 0 Å². The molecule has 1 saturated heterocycles. The topological polar surface area (TPSA) is 136 Å². The SMILES string of the molecule is COc1ccc(C(OC[C@@H]2C[C@@H](O)CN2C(=O)CCCCCNC(=O)CNC(=O)OCC2c3ccccc3-c3ccccc32)(c2ccccc2)c2ccc(OC)cc2)cc1. The number of alkyl carbamates (subject to hydrolysis) is 1. The summed E-state index contributed by atoms with van der Waals surface area (Å²) < 4.78 is 23.5. The van der Waals surface area contributed by atoms with Gasteiger partial charge in [-0.2, -0.15) is 0 Å². The first-order chi connectivity index (χ1) is 29.3. The van der Waals surface area contributed by atoms with E-state index in [9.17, 15) is 19.5 Å². The van der Waals surface area contributed by atoms with Gasteiger partial charge in [0.05, 0.1) is 39.5 Å². The summed E-state index contributed by atoms with van der Waals surface area (Å²) in [5.41, 5.74) is 6.17. The molecule has 0 unspecified atom stereocenters. The molecule has 5 aromatic carbocycles. The second-order valence-corrected chi connectivity index (χ2v) is 15.2. The highest BCUT2D eigenvalue weighted by Crippen LogP contribution is 2.45. The highest BCUT2D eigenvalue weighted by Gasteiger charge is 2.41. The largest absolute Gasteiger partial charge is 0.497 e. The van der Waals surface area contributed by atoms with Gasteiger partial charge in [0.1, 0.15) is 23.7 Å². The average molecular weight is 812 g/mol. The number of unbranched alkanes of at least 4 members (excludes halogenated alkanes) is 2. The third kappa shape index (κ3) is 9.48. The number of nitrogens with one attached hydrogen (secondary N) is 2. The van der Waals surface area contributed by atoms with Gasteiger partial charge in [0.15, 0.2) is 0 Å². The molecule has 0 radical (unpaired) electrons. The van der Waals surface area contributed by atoms with Crippen molar-refractivity contribution >= 4 is 17.9 Å². The molecule has 11 heteroatoms. The fraction of sp³-hybridized carbons (Fsp3) is 0.327. The minimum absolute atomic E-state index is 0.0457. The molecule has 11 nitrogen and oxygen atoms in total. The number of hydrogen-bond donors (Lipinski definition) is 3. The maximum Gasteiger partial charge on any atom is 0.407 e. The van der Waals surface area contributed by atoms with Crippen molar-refractivity contribution < 1.29 is 38.4 Å². The van der Waals surface area contributed by atoms with E-state index in [0.717, 1.165) is 56.9 Å². The number of hydrogen-bond acceptors (Lipinski definition) is 8. The molecule has 1 fully saturated rings. The van der Waals surface area contributed by atoms with E-state index in [1.807, 2.05) is 103 Å². The minimum Gasteiger partial charge on any atom is -0.497 e. The van der Waals surface area contributed by atoms with Crippen molar-refractivity contribution in [3.05, 3.63) is 155 Å². The Morgan fingerprint density at radius 2 is 1.25 bits per heavy atom. The van der Waals surface area contributed by atoms with E-state index in [2.05, 4.69) is 34.9 Å². The van der Waals surface area contributed by atoms with E-state index in [1.165, 1.54) is 0 Å². The minimum atomic E-state index is -1.04. The highest BCUT2D eigenvalue weighted by atomic mass is 16.5. The number of likely N-dealkylation sites (tertiary alicyclic amines) is 1. The van der Waals surface area contributed by atoms with Crippen LogP contribution in [-0.2, 0) is 24.7 Å². The quantitative estimate of drug-likeness (QED) is 0.0626. The van der Waals surface area contributed by atoms with E-state index in [-0.39, 0.29) is 50.1 Å². The summed E-state index contributed by atoms with van der Waals surface area (Å²) in [6, 6.07) is 41.5. The fourth-order valence-electron chi connectivity index (χ4n) is 8.46. The summed E-state index contributed by atoms with van der Waals surface area (Å²) in [6.07, 6.45) is 1.41. The van der Waals surface area contributed by atoms with Crippen molar-refractivity contribution in [2.45, 2.75) is 55.8 Å². The maximum absolute atomic E-state index is 13.6. The smallest absolute Gasteiger partial charge is 0.407 e. The number of β-amino-alcohol motifs (C(OH)–C–C–N with tert-alkyl or cyclic N) is 1. The average Bonchev–Trinajstić information content (AvgIpc) is 3.83. The third-order valence-corrected chi connectivity index (χ3v) is 11.5. The lowest BCUT2D eigenvalue weighted by Gasteiger charge is -2.38. The van der Waals surface area contributed by atoms with Crippen LogP contribution in [0.3, 0.4) is 0 Å². The van der Waals surface area contributed by atoms with E-state index < -0.39 is 17.8 Å². The van der Waals surface area contributed by atoms with Gasteiger partial charge in [-0.3, -0.25) is 9.59 Å². The Hall–Kier alpha value is -6.17. The molecule has 5 aromatic rings. The zero-order valence-corrected chi connectivity index (χ0v) is 34.2. The van der Waals surface area contributed by atoms with Gasteiger partial charge < -0.3 is 39.6 Å².